The first-order valence-electron chi connectivity index (χ1n) is 8.14. The number of imidazole rings is 1. The zero-order valence-corrected chi connectivity index (χ0v) is 13.8. The van der Waals surface area contributed by atoms with Crippen LogP contribution in [-0.4, -0.2) is 32.8 Å². The molecule has 0 radical (unpaired) electrons. The summed E-state index contributed by atoms with van der Waals surface area (Å²) in [6.45, 7) is 1.87. The number of aromatic nitrogens is 4. The van der Waals surface area contributed by atoms with Crippen molar-refractivity contribution in [3.05, 3.63) is 47.6 Å². The van der Waals surface area contributed by atoms with E-state index in [-0.39, 0.29) is 11.9 Å². The van der Waals surface area contributed by atoms with Crippen LogP contribution in [0.15, 0.2) is 36.2 Å². The van der Waals surface area contributed by atoms with Crippen LogP contribution < -0.4 is 4.90 Å². The van der Waals surface area contributed by atoms with Gasteiger partial charge in [0.2, 0.25) is 5.13 Å². The quantitative estimate of drug-likeness (QED) is 0.717. The molecule has 0 saturated carbocycles. The number of anilines is 1. The van der Waals surface area contributed by atoms with E-state index in [9.17, 15) is 4.39 Å². The number of hydrogen-bond acceptors (Lipinski definition) is 5. The fraction of sp³-hybridized carbons (Fsp3) is 0.353. The second kappa shape index (κ2) is 5.37. The number of rotatable bonds is 2. The maximum absolute atomic E-state index is 14.6. The highest BCUT2D eigenvalue weighted by molar-refractivity contribution is 7.13. The molecule has 122 valence electrons. The molecule has 1 aromatic carbocycles. The average Bonchev–Trinajstić information content (AvgIpc) is 3.33. The van der Waals surface area contributed by atoms with Gasteiger partial charge in [-0.2, -0.15) is 0 Å². The molecule has 2 aliphatic rings. The molecule has 1 saturated heterocycles. The Morgan fingerprint density at radius 1 is 1.21 bits per heavy atom. The van der Waals surface area contributed by atoms with Crippen LogP contribution in [0.2, 0.25) is 0 Å². The summed E-state index contributed by atoms with van der Waals surface area (Å²) in [4.78, 5) is 6.56. The SMILES string of the molecule is Fc1cccc2c1C(C1CCN(c3nncs3)CC1)n1cncc1-2. The molecule has 5 rings (SSSR count). The first-order valence-corrected chi connectivity index (χ1v) is 9.02. The van der Waals surface area contributed by atoms with Crippen molar-refractivity contribution in [3.8, 4) is 11.3 Å². The molecule has 1 fully saturated rings. The smallest absolute Gasteiger partial charge is 0.208 e. The van der Waals surface area contributed by atoms with Crippen LogP contribution in [0.4, 0.5) is 9.52 Å². The molecule has 7 heteroatoms. The summed E-state index contributed by atoms with van der Waals surface area (Å²) in [5.41, 5.74) is 4.62. The third kappa shape index (κ3) is 2.00. The minimum atomic E-state index is -0.104. The summed E-state index contributed by atoms with van der Waals surface area (Å²) in [5.74, 6) is 0.299. The van der Waals surface area contributed by atoms with Gasteiger partial charge in [0.1, 0.15) is 11.3 Å². The van der Waals surface area contributed by atoms with Gasteiger partial charge in [0.25, 0.3) is 0 Å². The van der Waals surface area contributed by atoms with Gasteiger partial charge in [-0.25, -0.2) is 9.37 Å². The lowest BCUT2D eigenvalue weighted by atomic mass is 9.85. The lowest BCUT2D eigenvalue weighted by Gasteiger charge is -2.35. The van der Waals surface area contributed by atoms with Crippen molar-refractivity contribution in [3.63, 3.8) is 0 Å². The number of hydrogen-bond donors (Lipinski definition) is 0. The second-order valence-corrected chi connectivity index (χ2v) is 7.19. The van der Waals surface area contributed by atoms with Crippen molar-refractivity contribution in [2.45, 2.75) is 18.9 Å². The zero-order chi connectivity index (χ0) is 16.1. The molecule has 1 atom stereocenters. The molecule has 3 aromatic rings. The molecule has 0 N–H and O–H groups in total. The van der Waals surface area contributed by atoms with E-state index in [0.29, 0.717) is 5.92 Å². The van der Waals surface area contributed by atoms with Gasteiger partial charge in [0.05, 0.1) is 24.3 Å². The van der Waals surface area contributed by atoms with Crippen LogP contribution in [0.1, 0.15) is 24.4 Å². The summed E-state index contributed by atoms with van der Waals surface area (Å²) >= 11 is 1.57. The topological polar surface area (TPSA) is 46.8 Å². The molecule has 0 aliphatic carbocycles. The van der Waals surface area contributed by atoms with Crippen molar-refractivity contribution >= 4 is 16.5 Å². The Bertz CT molecular complexity index is 867. The van der Waals surface area contributed by atoms with Crippen molar-refractivity contribution < 1.29 is 4.39 Å². The Labute approximate surface area is 142 Å². The Kier molecular flexibility index (Phi) is 3.16. The summed E-state index contributed by atoms with van der Waals surface area (Å²) in [5, 5.41) is 9.06. The van der Waals surface area contributed by atoms with Gasteiger partial charge in [-0.05, 0) is 24.8 Å². The Morgan fingerprint density at radius 2 is 2.08 bits per heavy atom. The molecule has 4 heterocycles. The van der Waals surface area contributed by atoms with Gasteiger partial charge in [-0.15, -0.1) is 10.2 Å². The number of halogens is 1. The third-order valence-electron chi connectivity index (χ3n) is 5.20. The van der Waals surface area contributed by atoms with E-state index < -0.39 is 0 Å². The van der Waals surface area contributed by atoms with Crippen LogP contribution in [0, 0.1) is 11.7 Å². The van der Waals surface area contributed by atoms with Crippen molar-refractivity contribution in [2.75, 3.05) is 18.0 Å². The first kappa shape index (κ1) is 14.1. The summed E-state index contributed by atoms with van der Waals surface area (Å²) < 4.78 is 16.7. The molecule has 1 unspecified atom stereocenters. The van der Waals surface area contributed by atoms with Gasteiger partial charge in [-0.1, -0.05) is 23.5 Å². The van der Waals surface area contributed by atoms with Gasteiger partial charge in [0.15, 0.2) is 0 Å². The van der Waals surface area contributed by atoms with Crippen LogP contribution in [0.3, 0.4) is 0 Å². The maximum atomic E-state index is 14.6. The van der Waals surface area contributed by atoms with E-state index in [1.807, 2.05) is 18.6 Å². The standard InChI is InChI=1S/C17H16FN5S/c18-13-3-1-2-12-14-8-19-9-23(14)16(15(12)13)11-4-6-22(7-5-11)17-21-20-10-24-17/h1-3,8-11,16H,4-7H2. The van der Waals surface area contributed by atoms with E-state index in [1.54, 1.807) is 29.0 Å². The third-order valence-corrected chi connectivity index (χ3v) is 5.95. The minimum Gasteiger partial charge on any atom is -0.347 e. The van der Waals surface area contributed by atoms with Gasteiger partial charge in [-0.3, -0.25) is 0 Å². The molecule has 0 bridgehead atoms. The fourth-order valence-corrected chi connectivity index (χ4v) is 4.72. The van der Waals surface area contributed by atoms with Crippen molar-refractivity contribution in [1.29, 1.82) is 0 Å². The molecule has 0 amide bonds. The highest BCUT2D eigenvalue weighted by Gasteiger charge is 2.38. The minimum absolute atomic E-state index is 0.0512. The summed E-state index contributed by atoms with van der Waals surface area (Å²) in [6, 6.07) is 5.41. The Hall–Kier alpha value is -2.28. The zero-order valence-electron chi connectivity index (χ0n) is 13.0. The van der Waals surface area contributed by atoms with E-state index in [2.05, 4.69) is 24.6 Å². The number of fused-ring (bicyclic) bond motifs is 3. The van der Waals surface area contributed by atoms with Crippen LogP contribution >= 0.6 is 11.3 Å². The monoisotopic (exact) mass is 341 g/mol. The predicted octanol–water partition coefficient (Wildman–Crippen LogP) is 3.36. The maximum Gasteiger partial charge on any atom is 0.208 e. The molecule has 0 spiro atoms. The van der Waals surface area contributed by atoms with Gasteiger partial charge < -0.3 is 9.47 Å². The predicted molar refractivity (Wildman–Crippen MR) is 90.6 cm³/mol. The first-order chi connectivity index (χ1) is 11.8. The Balaban J connectivity index is 1.46. The highest BCUT2D eigenvalue weighted by atomic mass is 32.1. The van der Waals surface area contributed by atoms with Crippen LogP contribution in [0.5, 0.6) is 0 Å². The molecular weight excluding hydrogens is 325 g/mol. The van der Waals surface area contributed by atoms with E-state index in [4.69, 9.17) is 0 Å². The van der Waals surface area contributed by atoms with Crippen LogP contribution in [0.25, 0.3) is 11.3 Å². The fourth-order valence-electron chi connectivity index (χ4n) is 4.11. The molecule has 2 aliphatic heterocycles. The van der Waals surface area contributed by atoms with Crippen molar-refractivity contribution in [1.82, 2.24) is 19.7 Å². The van der Waals surface area contributed by atoms with Gasteiger partial charge >= 0.3 is 0 Å². The van der Waals surface area contributed by atoms with E-state index in [1.165, 1.54) is 0 Å². The van der Waals surface area contributed by atoms with E-state index in [0.717, 1.165) is 47.9 Å². The van der Waals surface area contributed by atoms with Crippen molar-refractivity contribution in [2.24, 2.45) is 5.92 Å². The second-order valence-electron chi connectivity index (χ2n) is 6.38. The molecule has 24 heavy (non-hydrogen) atoms. The summed E-state index contributed by atoms with van der Waals surface area (Å²) in [7, 11) is 0. The summed E-state index contributed by atoms with van der Waals surface area (Å²) in [6.07, 6.45) is 5.70. The Morgan fingerprint density at radius 3 is 2.88 bits per heavy atom. The number of nitrogens with zero attached hydrogens (tertiary/aromatic N) is 5. The lowest BCUT2D eigenvalue weighted by molar-refractivity contribution is 0.311. The van der Waals surface area contributed by atoms with E-state index >= 15 is 0 Å². The highest BCUT2D eigenvalue weighted by Crippen LogP contribution is 2.46. The molecule has 5 nitrogen and oxygen atoms in total. The lowest BCUT2D eigenvalue weighted by Crippen LogP contribution is -2.36. The normalized spacial score (nSPS) is 20.2. The largest absolute Gasteiger partial charge is 0.347 e. The molecular formula is C17H16FN5S. The number of benzene rings is 1. The van der Waals surface area contributed by atoms with Crippen LogP contribution in [-0.2, 0) is 0 Å². The number of piperidine rings is 1. The average molecular weight is 341 g/mol. The molecule has 2 aromatic heterocycles. The van der Waals surface area contributed by atoms with Gasteiger partial charge in [0, 0.05) is 24.2 Å².